The fourth-order valence-corrected chi connectivity index (χ4v) is 3.67. The van der Waals surface area contributed by atoms with Crippen LogP contribution in [0.1, 0.15) is 25.3 Å². The van der Waals surface area contributed by atoms with E-state index >= 15 is 0 Å². The van der Waals surface area contributed by atoms with Crippen LogP contribution in [0, 0.1) is 0 Å². The minimum absolute atomic E-state index is 0.0857. The second kappa shape index (κ2) is 8.41. The second-order valence-electron chi connectivity index (χ2n) is 7.17. The predicted molar refractivity (Wildman–Crippen MR) is 115 cm³/mol. The number of nitrogens with one attached hydrogen (secondary N) is 1. The first-order chi connectivity index (χ1) is 14.6. The Bertz CT molecular complexity index is 990. The molecule has 154 valence electrons. The molecule has 7 heteroatoms. The highest BCUT2D eigenvalue weighted by Gasteiger charge is 2.36. The molecule has 1 N–H and O–H groups in total. The lowest BCUT2D eigenvalue weighted by atomic mass is 10.1. The summed E-state index contributed by atoms with van der Waals surface area (Å²) in [7, 11) is 0. The maximum Gasteiger partial charge on any atom is 0.335 e. The number of imide groups is 2. The Balaban J connectivity index is 1.58. The van der Waals surface area contributed by atoms with E-state index in [0.29, 0.717) is 18.0 Å². The third kappa shape index (κ3) is 3.91. The maximum absolute atomic E-state index is 13.0. The number of rotatable bonds is 5. The molecule has 4 rings (SSSR count). The number of amides is 4. The molecule has 0 bridgehead atoms. The lowest BCUT2D eigenvalue weighted by Gasteiger charge is -2.26. The summed E-state index contributed by atoms with van der Waals surface area (Å²) in [5, 5.41) is 2.24. The summed E-state index contributed by atoms with van der Waals surface area (Å²) >= 11 is 0. The van der Waals surface area contributed by atoms with Crippen molar-refractivity contribution in [2.45, 2.75) is 19.8 Å². The number of urea groups is 1. The van der Waals surface area contributed by atoms with E-state index in [-0.39, 0.29) is 5.57 Å². The van der Waals surface area contributed by atoms with Gasteiger partial charge in [0.1, 0.15) is 11.3 Å². The van der Waals surface area contributed by atoms with Crippen molar-refractivity contribution in [1.29, 1.82) is 0 Å². The minimum atomic E-state index is -0.768. The molecule has 7 nitrogen and oxygen atoms in total. The standard InChI is InChI=1S/C23H23N3O4/c1-2-30-19-11-9-18(10-12-19)26-22(28)20(21(27)24-23(26)29)15-16-5-7-17(8-6-16)25-13-3-4-14-25/h5-12,15H,2-4,13-14H2,1H3,(H,24,27,29)/b20-15+. The number of nitrogens with zero attached hydrogens (tertiary/aromatic N) is 2. The van der Waals surface area contributed by atoms with Crippen molar-refractivity contribution in [3.05, 3.63) is 59.7 Å². The van der Waals surface area contributed by atoms with Crippen LogP contribution >= 0.6 is 0 Å². The summed E-state index contributed by atoms with van der Waals surface area (Å²) in [6.45, 7) is 4.47. The number of benzene rings is 2. The van der Waals surface area contributed by atoms with Gasteiger partial charge in [0.15, 0.2) is 0 Å². The van der Waals surface area contributed by atoms with Crippen LogP contribution in [0.15, 0.2) is 54.1 Å². The smallest absolute Gasteiger partial charge is 0.335 e. The van der Waals surface area contributed by atoms with E-state index < -0.39 is 17.8 Å². The van der Waals surface area contributed by atoms with Gasteiger partial charge >= 0.3 is 6.03 Å². The van der Waals surface area contributed by atoms with Gasteiger partial charge in [0, 0.05) is 18.8 Å². The lowest BCUT2D eigenvalue weighted by molar-refractivity contribution is -0.122. The van der Waals surface area contributed by atoms with Crippen LogP contribution < -0.4 is 19.9 Å². The summed E-state index contributed by atoms with van der Waals surface area (Å²) in [6, 6.07) is 13.5. The highest BCUT2D eigenvalue weighted by Crippen LogP contribution is 2.25. The van der Waals surface area contributed by atoms with Gasteiger partial charge in [-0.1, -0.05) is 12.1 Å². The molecule has 0 radical (unpaired) electrons. The Hall–Kier alpha value is -3.61. The molecule has 2 aliphatic heterocycles. The molecule has 2 saturated heterocycles. The number of hydrogen-bond acceptors (Lipinski definition) is 5. The molecular formula is C23H23N3O4. The SMILES string of the molecule is CCOc1ccc(N2C(=O)NC(=O)/C(=C\c3ccc(N4CCCC4)cc3)C2=O)cc1. The molecule has 0 spiro atoms. The van der Waals surface area contributed by atoms with Crippen LogP contribution in [0.3, 0.4) is 0 Å². The van der Waals surface area contributed by atoms with Crippen molar-refractivity contribution < 1.29 is 19.1 Å². The van der Waals surface area contributed by atoms with Crippen LogP contribution in [0.2, 0.25) is 0 Å². The number of carbonyl (C=O) groups is 3. The Labute approximate surface area is 174 Å². The van der Waals surface area contributed by atoms with Gasteiger partial charge in [0.2, 0.25) is 0 Å². The second-order valence-corrected chi connectivity index (χ2v) is 7.17. The zero-order chi connectivity index (χ0) is 21.1. The van der Waals surface area contributed by atoms with E-state index in [9.17, 15) is 14.4 Å². The highest BCUT2D eigenvalue weighted by molar-refractivity contribution is 6.39. The summed E-state index contributed by atoms with van der Waals surface area (Å²) in [6.07, 6.45) is 3.89. The van der Waals surface area contributed by atoms with Crippen molar-refractivity contribution in [2.75, 3.05) is 29.5 Å². The molecule has 2 heterocycles. The molecule has 0 unspecified atom stereocenters. The average Bonchev–Trinajstić information content (AvgIpc) is 3.28. The van der Waals surface area contributed by atoms with Crippen LogP contribution in [0.4, 0.5) is 16.2 Å². The monoisotopic (exact) mass is 405 g/mol. The fraction of sp³-hybridized carbons (Fsp3) is 0.261. The molecule has 2 aromatic carbocycles. The van der Waals surface area contributed by atoms with Gasteiger partial charge in [0.05, 0.1) is 12.3 Å². The molecule has 2 aromatic rings. The topological polar surface area (TPSA) is 79.0 Å². The largest absolute Gasteiger partial charge is 0.494 e. The first-order valence-corrected chi connectivity index (χ1v) is 10.1. The first-order valence-electron chi connectivity index (χ1n) is 10.1. The maximum atomic E-state index is 13.0. The first kappa shape index (κ1) is 19.7. The number of hydrogen-bond donors (Lipinski definition) is 1. The normalized spacial score (nSPS) is 18.2. The molecule has 30 heavy (non-hydrogen) atoms. The van der Waals surface area contributed by atoms with Crippen molar-refractivity contribution in [1.82, 2.24) is 5.32 Å². The molecule has 0 atom stereocenters. The van der Waals surface area contributed by atoms with E-state index in [1.165, 1.54) is 18.9 Å². The fourth-order valence-electron chi connectivity index (χ4n) is 3.67. The lowest BCUT2D eigenvalue weighted by Crippen LogP contribution is -2.54. The third-order valence-corrected chi connectivity index (χ3v) is 5.18. The van der Waals surface area contributed by atoms with Crippen molar-refractivity contribution in [3.63, 3.8) is 0 Å². The highest BCUT2D eigenvalue weighted by atomic mass is 16.5. The van der Waals surface area contributed by atoms with Gasteiger partial charge in [-0.05, 0) is 67.8 Å². The van der Waals surface area contributed by atoms with E-state index in [1.807, 2.05) is 31.2 Å². The number of ether oxygens (including phenoxy) is 1. The third-order valence-electron chi connectivity index (χ3n) is 5.18. The molecular weight excluding hydrogens is 382 g/mol. The van der Waals surface area contributed by atoms with Gasteiger partial charge in [-0.2, -0.15) is 0 Å². The van der Waals surface area contributed by atoms with E-state index in [0.717, 1.165) is 29.2 Å². The summed E-state index contributed by atoms with van der Waals surface area (Å²) < 4.78 is 5.39. The van der Waals surface area contributed by atoms with E-state index in [4.69, 9.17) is 4.74 Å². The van der Waals surface area contributed by atoms with Crippen LogP contribution in [0.25, 0.3) is 6.08 Å². The van der Waals surface area contributed by atoms with Crippen LogP contribution in [-0.4, -0.2) is 37.5 Å². The van der Waals surface area contributed by atoms with Gasteiger partial charge in [-0.25, -0.2) is 9.69 Å². The van der Waals surface area contributed by atoms with Gasteiger partial charge in [0.25, 0.3) is 11.8 Å². The molecule has 2 aliphatic rings. The Kier molecular flexibility index (Phi) is 5.52. The number of anilines is 2. The number of barbiturate groups is 1. The van der Waals surface area contributed by atoms with Gasteiger partial charge in [-0.3, -0.25) is 14.9 Å². The van der Waals surface area contributed by atoms with Crippen LogP contribution in [0.5, 0.6) is 5.75 Å². The van der Waals surface area contributed by atoms with Crippen molar-refractivity contribution >= 4 is 35.3 Å². The quantitative estimate of drug-likeness (QED) is 0.610. The Morgan fingerprint density at radius 2 is 1.57 bits per heavy atom. The zero-order valence-electron chi connectivity index (χ0n) is 16.8. The Morgan fingerprint density at radius 1 is 0.933 bits per heavy atom. The molecule has 2 fully saturated rings. The average molecular weight is 405 g/mol. The predicted octanol–water partition coefficient (Wildman–Crippen LogP) is 3.35. The zero-order valence-corrected chi connectivity index (χ0v) is 16.8. The van der Waals surface area contributed by atoms with Crippen LogP contribution in [-0.2, 0) is 9.59 Å². The summed E-state index contributed by atoms with van der Waals surface area (Å²) in [5.41, 5.74) is 2.12. The van der Waals surface area contributed by atoms with Crippen molar-refractivity contribution in [2.24, 2.45) is 0 Å². The molecule has 0 aromatic heterocycles. The van der Waals surface area contributed by atoms with Gasteiger partial charge in [-0.15, -0.1) is 0 Å². The minimum Gasteiger partial charge on any atom is -0.494 e. The Morgan fingerprint density at radius 3 is 2.20 bits per heavy atom. The molecule has 4 amide bonds. The summed E-state index contributed by atoms with van der Waals surface area (Å²) in [4.78, 5) is 40.9. The van der Waals surface area contributed by atoms with E-state index in [2.05, 4.69) is 10.2 Å². The molecule has 0 aliphatic carbocycles. The van der Waals surface area contributed by atoms with Crippen molar-refractivity contribution in [3.8, 4) is 5.75 Å². The number of carbonyl (C=O) groups excluding carboxylic acids is 3. The summed E-state index contributed by atoms with van der Waals surface area (Å²) in [5.74, 6) is -0.719. The molecule has 0 saturated carbocycles. The van der Waals surface area contributed by atoms with Gasteiger partial charge < -0.3 is 9.64 Å². The van der Waals surface area contributed by atoms with E-state index in [1.54, 1.807) is 24.3 Å².